The Labute approximate surface area is 168 Å². The van der Waals surface area contributed by atoms with Crippen LogP contribution >= 0.6 is 0 Å². The van der Waals surface area contributed by atoms with E-state index in [1.54, 1.807) is 17.9 Å². The van der Waals surface area contributed by atoms with E-state index in [0.29, 0.717) is 24.7 Å². The number of aryl methyl sites for hydroxylation is 2. The molecule has 2 fully saturated rings. The number of amides is 2. The summed E-state index contributed by atoms with van der Waals surface area (Å²) in [6.45, 7) is 2.71. The summed E-state index contributed by atoms with van der Waals surface area (Å²) in [5.41, 5.74) is 0.497. The van der Waals surface area contributed by atoms with E-state index in [2.05, 4.69) is 22.6 Å². The van der Waals surface area contributed by atoms with Crippen LogP contribution in [0.15, 0.2) is 53.1 Å². The van der Waals surface area contributed by atoms with Gasteiger partial charge in [-0.05, 0) is 25.3 Å². The van der Waals surface area contributed by atoms with Crippen molar-refractivity contribution in [3.63, 3.8) is 0 Å². The molecule has 7 heteroatoms. The van der Waals surface area contributed by atoms with E-state index in [-0.39, 0.29) is 17.9 Å². The van der Waals surface area contributed by atoms with Gasteiger partial charge in [0, 0.05) is 12.6 Å². The van der Waals surface area contributed by atoms with Gasteiger partial charge in [0.2, 0.25) is 11.8 Å². The second-order valence-electron chi connectivity index (χ2n) is 8.00. The predicted octanol–water partition coefficient (Wildman–Crippen LogP) is 2.02. The summed E-state index contributed by atoms with van der Waals surface area (Å²) in [6, 6.07) is 11.9. The summed E-state index contributed by atoms with van der Waals surface area (Å²) < 4.78 is 11.2. The summed E-state index contributed by atoms with van der Waals surface area (Å²) in [7, 11) is 0. The van der Waals surface area contributed by atoms with Gasteiger partial charge in [0.15, 0.2) is 5.82 Å². The summed E-state index contributed by atoms with van der Waals surface area (Å²) in [5.74, 6) is -0.180. The average Bonchev–Trinajstić information content (AvgIpc) is 3.47. The number of fused-ring (bicyclic) bond motifs is 1. The first-order chi connectivity index (χ1) is 14.1. The SMILES string of the molecule is Cc1cc(N2C[C@@]34C=C[C@@H](O3)[C@@H](C(=O)NCCCc3ccccc3)[C@@H]4C2=O)no1. The lowest BCUT2D eigenvalue weighted by Crippen LogP contribution is -2.44. The number of aromatic nitrogens is 1. The molecule has 4 atom stereocenters. The van der Waals surface area contributed by atoms with Gasteiger partial charge in [-0.25, -0.2) is 0 Å². The molecule has 1 spiro atoms. The molecule has 0 saturated carbocycles. The van der Waals surface area contributed by atoms with E-state index in [0.717, 1.165) is 12.8 Å². The smallest absolute Gasteiger partial charge is 0.235 e. The average molecular weight is 393 g/mol. The van der Waals surface area contributed by atoms with E-state index in [9.17, 15) is 9.59 Å². The molecule has 150 valence electrons. The van der Waals surface area contributed by atoms with Crippen molar-refractivity contribution in [2.24, 2.45) is 11.8 Å². The van der Waals surface area contributed by atoms with Crippen LogP contribution < -0.4 is 10.2 Å². The van der Waals surface area contributed by atoms with Crippen molar-refractivity contribution in [1.29, 1.82) is 0 Å². The second-order valence-corrected chi connectivity index (χ2v) is 8.00. The Morgan fingerprint density at radius 3 is 2.93 bits per heavy atom. The minimum absolute atomic E-state index is 0.120. The van der Waals surface area contributed by atoms with Gasteiger partial charge >= 0.3 is 0 Å². The highest BCUT2D eigenvalue weighted by molar-refractivity contribution is 6.02. The van der Waals surface area contributed by atoms with Crippen molar-refractivity contribution in [2.75, 3.05) is 18.0 Å². The Balaban J connectivity index is 1.26. The Bertz CT molecular complexity index is 969. The maximum absolute atomic E-state index is 13.2. The third-order valence-electron chi connectivity index (χ3n) is 6.08. The molecule has 1 N–H and O–H groups in total. The number of hydrogen-bond acceptors (Lipinski definition) is 5. The Morgan fingerprint density at radius 2 is 2.17 bits per heavy atom. The van der Waals surface area contributed by atoms with Crippen LogP contribution in [-0.4, -0.2) is 41.8 Å². The van der Waals surface area contributed by atoms with Gasteiger partial charge in [-0.15, -0.1) is 0 Å². The van der Waals surface area contributed by atoms with Gasteiger partial charge in [-0.2, -0.15) is 0 Å². The Morgan fingerprint density at radius 1 is 1.34 bits per heavy atom. The molecule has 2 bridgehead atoms. The summed E-state index contributed by atoms with van der Waals surface area (Å²) in [4.78, 5) is 27.7. The van der Waals surface area contributed by atoms with Crippen LogP contribution in [0.4, 0.5) is 5.82 Å². The van der Waals surface area contributed by atoms with Gasteiger partial charge in [0.1, 0.15) is 11.4 Å². The maximum Gasteiger partial charge on any atom is 0.235 e. The Hall–Kier alpha value is -2.93. The number of carbonyl (C=O) groups is 2. The first-order valence-electron chi connectivity index (χ1n) is 10.0. The van der Waals surface area contributed by atoms with Gasteiger partial charge < -0.3 is 14.6 Å². The number of rotatable bonds is 6. The monoisotopic (exact) mass is 393 g/mol. The highest BCUT2D eigenvalue weighted by Crippen LogP contribution is 2.52. The summed E-state index contributed by atoms with van der Waals surface area (Å²) >= 11 is 0. The molecule has 0 radical (unpaired) electrons. The van der Waals surface area contributed by atoms with E-state index >= 15 is 0 Å². The van der Waals surface area contributed by atoms with Gasteiger partial charge in [0.05, 0.1) is 24.5 Å². The molecule has 2 aromatic rings. The molecule has 5 rings (SSSR count). The molecule has 1 aromatic carbocycles. The van der Waals surface area contributed by atoms with Crippen LogP contribution in [-0.2, 0) is 20.7 Å². The molecular formula is C22H23N3O4. The third kappa shape index (κ3) is 2.97. The number of carbonyl (C=O) groups excluding carboxylic acids is 2. The van der Waals surface area contributed by atoms with E-state index in [1.807, 2.05) is 30.4 Å². The van der Waals surface area contributed by atoms with E-state index in [1.165, 1.54) is 5.56 Å². The molecule has 3 aliphatic rings. The fourth-order valence-corrected chi connectivity index (χ4v) is 4.74. The third-order valence-corrected chi connectivity index (χ3v) is 6.08. The number of benzene rings is 1. The fourth-order valence-electron chi connectivity index (χ4n) is 4.74. The van der Waals surface area contributed by atoms with Crippen LogP contribution in [0, 0.1) is 18.8 Å². The van der Waals surface area contributed by atoms with Crippen LogP contribution in [0.5, 0.6) is 0 Å². The van der Waals surface area contributed by atoms with Crippen LogP contribution in [0.3, 0.4) is 0 Å². The van der Waals surface area contributed by atoms with Crippen molar-refractivity contribution in [1.82, 2.24) is 10.5 Å². The molecule has 3 aliphatic heterocycles. The van der Waals surface area contributed by atoms with Crippen LogP contribution in [0.25, 0.3) is 0 Å². The topological polar surface area (TPSA) is 84.7 Å². The zero-order valence-corrected chi connectivity index (χ0v) is 16.2. The maximum atomic E-state index is 13.2. The molecule has 0 unspecified atom stereocenters. The molecule has 0 aliphatic carbocycles. The van der Waals surface area contributed by atoms with Crippen molar-refractivity contribution in [3.05, 3.63) is 59.9 Å². The molecule has 4 heterocycles. The lowest BCUT2D eigenvalue weighted by Gasteiger charge is -2.23. The van der Waals surface area contributed by atoms with E-state index < -0.39 is 17.4 Å². The predicted molar refractivity (Wildman–Crippen MR) is 105 cm³/mol. The van der Waals surface area contributed by atoms with E-state index in [4.69, 9.17) is 9.26 Å². The van der Waals surface area contributed by atoms with Crippen molar-refractivity contribution >= 4 is 17.6 Å². The van der Waals surface area contributed by atoms with Crippen molar-refractivity contribution in [3.8, 4) is 0 Å². The minimum Gasteiger partial charge on any atom is -0.360 e. The zero-order valence-electron chi connectivity index (χ0n) is 16.2. The zero-order chi connectivity index (χ0) is 20.0. The van der Waals surface area contributed by atoms with Gasteiger partial charge in [-0.3, -0.25) is 14.5 Å². The first-order valence-corrected chi connectivity index (χ1v) is 10.0. The minimum atomic E-state index is -0.749. The quantitative estimate of drug-likeness (QED) is 0.600. The Kier molecular flexibility index (Phi) is 4.28. The first kappa shape index (κ1) is 18.1. The fraction of sp³-hybridized carbons (Fsp3) is 0.409. The number of hydrogen-bond donors (Lipinski definition) is 1. The van der Waals surface area contributed by atoms with Crippen LogP contribution in [0.1, 0.15) is 17.7 Å². The molecule has 7 nitrogen and oxygen atoms in total. The summed E-state index contributed by atoms with van der Waals surface area (Å²) in [5, 5.41) is 6.97. The van der Waals surface area contributed by atoms with Crippen molar-refractivity contribution in [2.45, 2.75) is 31.5 Å². The molecule has 2 saturated heterocycles. The molecule has 1 aromatic heterocycles. The second kappa shape index (κ2) is 6.84. The lowest BCUT2D eigenvalue weighted by atomic mass is 9.77. The standard InChI is InChI=1S/C22H23N3O4/c1-14-12-17(24-29-14)25-13-22-10-9-16(28-22)18(19(22)21(25)27)20(26)23-11-5-8-15-6-3-2-4-7-15/h2-4,6-7,9-10,12,16,18-19H,5,8,11,13H2,1H3,(H,23,26)/t16-,18-,19-,22-/m1/s1. The number of nitrogens with zero attached hydrogens (tertiary/aromatic N) is 2. The highest BCUT2D eigenvalue weighted by atomic mass is 16.5. The molecular weight excluding hydrogens is 370 g/mol. The van der Waals surface area contributed by atoms with Crippen molar-refractivity contribution < 1.29 is 18.8 Å². The number of anilines is 1. The molecule has 2 amide bonds. The normalized spacial score (nSPS) is 29.5. The molecule has 29 heavy (non-hydrogen) atoms. The lowest BCUT2D eigenvalue weighted by molar-refractivity contribution is -0.131. The summed E-state index contributed by atoms with van der Waals surface area (Å²) in [6.07, 6.45) is 5.25. The van der Waals surface area contributed by atoms with Crippen LogP contribution in [0.2, 0.25) is 0 Å². The number of ether oxygens (including phenoxy) is 1. The van der Waals surface area contributed by atoms with Gasteiger partial charge in [0.25, 0.3) is 0 Å². The number of nitrogens with one attached hydrogen (secondary N) is 1. The highest BCUT2D eigenvalue weighted by Gasteiger charge is 2.67. The van der Waals surface area contributed by atoms with Gasteiger partial charge in [-0.1, -0.05) is 47.6 Å². The largest absolute Gasteiger partial charge is 0.360 e.